The molecular weight excluding hydrogens is 358 g/mol. The topological polar surface area (TPSA) is 38.8 Å². The van der Waals surface area contributed by atoms with Crippen LogP contribution in [0.1, 0.15) is 48.0 Å². The lowest BCUT2D eigenvalue weighted by Gasteiger charge is -2.44. The van der Waals surface area contributed by atoms with Crippen molar-refractivity contribution in [1.29, 1.82) is 0 Å². The van der Waals surface area contributed by atoms with Crippen LogP contribution in [0.5, 0.6) is 0 Å². The van der Waals surface area contributed by atoms with E-state index in [4.69, 9.17) is 8.85 Å². The molecule has 0 amide bonds. The Morgan fingerprint density at radius 1 is 0.962 bits per heavy atom. The molecule has 0 saturated carbocycles. The van der Waals surface area contributed by atoms with Crippen molar-refractivity contribution in [3.63, 3.8) is 0 Å². The molecule has 2 heterocycles. The van der Waals surface area contributed by atoms with E-state index in [0.29, 0.717) is 6.42 Å². The predicted octanol–water partition coefficient (Wildman–Crippen LogP) is 4.94. The van der Waals surface area contributed by atoms with Crippen molar-refractivity contribution >= 4 is 22.4 Å². The van der Waals surface area contributed by atoms with Gasteiger partial charge in [-0.2, -0.15) is 0 Å². The van der Waals surface area contributed by atoms with Crippen LogP contribution in [0.3, 0.4) is 0 Å². The number of rotatable bonds is 4. The first kappa shape index (κ1) is 21.9. The molecule has 2 aliphatic heterocycles. The van der Waals surface area contributed by atoms with E-state index in [2.05, 4.69) is 72.6 Å². The van der Waals surface area contributed by atoms with Crippen molar-refractivity contribution in [2.45, 2.75) is 102 Å². The van der Waals surface area contributed by atoms with Crippen molar-refractivity contribution in [1.82, 2.24) is 4.90 Å². The summed E-state index contributed by atoms with van der Waals surface area (Å²) < 4.78 is 13.7. The molecule has 0 aliphatic carbocycles. The minimum atomic E-state index is -1.96. The van der Waals surface area contributed by atoms with Crippen molar-refractivity contribution in [2.24, 2.45) is 0 Å². The molecule has 0 N–H and O–H groups in total. The molecule has 6 heteroatoms. The van der Waals surface area contributed by atoms with Gasteiger partial charge in [-0.15, -0.1) is 0 Å². The number of nitrogens with zero attached hydrogens (tertiary/aromatic N) is 1. The molecule has 0 aromatic rings. The van der Waals surface area contributed by atoms with Gasteiger partial charge in [0.2, 0.25) is 0 Å². The summed E-state index contributed by atoms with van der Waals surface area (Å²) in [6, 6.07) is 0.108. The minimum Gasteiger partial charge on any atom is -0.409 e. The average Bonchev–Trinajstić information content (AvgIpc) is 2.73. The molecule has 0 aromatic heterocycles. The zero-order chi connectivity index (χ0) is 20.1. The summed E-state index contributed by atoms with van der Waals surface area (Å²) >= 11 is 0. The van der Waals surface area contributed by atoms with E-state index in [0.717, 1.165) is 6.54 Å². The minimum absolute atomic E-state index is 0.0288. The van der Waals surface area contributed by atoms with Crippen LogP contribution in [0.4, 0.5) is 0 Å². The zero-order valence-electron chi connectivity index (χ0n) is 18.5. The van der Waals surface area contributed by atoms with Crippen LogP contribution in [-0.2, 0) is 13.6 Å². The van der Waals surface area contributed by atoms with Crippen molar-refractivity contribution < 1.29 is 13.6 Å². The molecule has 0 radical (unpaired) electrons. The maximum absolute atomic E-state index is 12.1. The van der Waals surface area contributed by atoms with E-state index in [1.807, 2.05) is 6.20 Å². The van der Waals surface area contributed by atoms with E-state index in [9.17, 15) is 4.79 Å². The van der Waals surface area contributed by atoms with Gasteiger partial charge in [0.05, 0.1) is 18.2 Å². The van der Waals surface area contributed by atoms with Crippen LogP contribution < -0.4 is 0 Å². The highest BCUT2D eigenvalue weighted by atomic mass is 28.4. The van der Waals surface area contributed by atoms with Crippen LogP contribution in [0.15, 0.2) is 12.3 Å². The van der Waals surface area contributed by atoms with E-state index in [-0.39, 0.29) is 34.1 Å². The molecule has 150 valence electrons. The summed E-state index contributed by atoms with van der Waals surface area (Å²) in [7, 11) is -3.87. The van der Waals surface area contributed by atoms with Gasteiger partial charge >= 0.3 is 0 Å². The zero-order valence-corrected chi connectivity index (χ0v) is 20.5. The first-order chi connectivity index (χ1) is 11.6. The fraction of sp³-hybridized carbons (Fsp3) is 0.850. The van der Waals surface area contributed by atoms with Gasteiger partial charge in [-0.1, -0.05) is 41.5 Å². The highest BCUT2D eigenvalue weighted by Crippen LogP contribution is 2.43. The van der Waals surface area contributed by atoms with Gasteiger partial charge in [0.15, 0.2) is 22.4 Å². The summed E-state index contributed by atoms with van der Waals surface area (Å²) in [5, 5.41) is 0.291. The van der Waals surface area contributed by atoms with Crippen LogP contribution in [0.25, 0.3) is 0 Å². The van der Waals surface area contributed by atoms with E-state index in [1.165, 1.54) is 0 Å². The first-order valence-corrected chi connectivity index (χ1v) is 15.7. The maximum atomic E-state index is 12.1. The summed E-state index contributed by atoms with van der Waals surface area (Å²) in [4.78, 5) is 14.3. The third kappa shape index (κ3) is 4.34. The molecule has 1 fully saturated rings. The summed E-state index contributed by atoms with van der Waals surface area (Å²) in [5.41, 5.74) is 0. The number of carbonyl (C=O) groups excluding carboxylic acids is 1. The highest BCUT2D eigenvalue weighted by molar-refractivity contribution is 6.74. The number of allylic oxidation sites excluding steroid dienone is 1. The normalized spacial score (nSPS) is 27.8. The fourth-order valence-corrected chi connectivity index (χ4v) is 5.73. The number of hydrogen-bond acceptors (Lipinski definition) is 4. The van der Waals surface area contributed by atoms with Gasteiger partial charge in [-0.05, 0) is 42.3 Å². The molecule has 4 nitrogen and oxygen atoms in total. The summed E-state index contributed by atoms with van der Waals surface area (Å²) in [6.45, 7) is 23.6. The van der Waals surface area contributed by atoms with Crippen LogP contribution >= 0.6 is 0 Å². The molecule has 1 saturated heterocycles. The Labute approximate surface area is 162 Å². The fourth-order valence-electron chi connectivity index (χ4n) is 3.07. The lowest BCUT2D eigenvalue weighted by Crippen LogP contribution is -2.53. The van der Waals surface area contributed by atoms with Crippen LogP contribution in [0, 0.1) is 0 Å². The molecule has 0 unspecified atom stereocenters. The summed E-state index contributed by atoms with van der Waals surface area (Å²) in [6.07, 6.45) is 4.19. The Balaban J connectivity index is 2.31. The number of ketones is 1. The lowest BCUT2D eigenvalue weighted by atomic mass is 10.0. The average molecular weight is 398 g/mol. The van der Waals surface area contributed by atoms with Gasteiger partial charge in [-0.25, -0.2) is 0 Å². The second-order valence-corrected chi connectivity index (χ2v) is 20.5. The van der Waals surface area contributed by atoms with E-state index in [1.54, 1.807) is 6.08 Å². The Hall–Kier alpha value is -0.436. The number of carbonyl (C=O) groups is 1. The largest absolute Gasteiger partial charge is 0.409 e. The van der Waals surface area contributed by atoms with Crippen molar-refractivity contribution in [2.75, 3.05) is 6.54 Å². The molecule has 0 aromatic carbocycles. The van der Waals surface area contributed by atoms with Gasteiger partial charge < -0.3 is 13.8 Å². The van der Waals surface area contributed by atoms with Crippen molar-refractivity contribution in [3.05, 3.63) is 12.3 Å². The molecule has 0 spiro atoms. The van der Waals surface area contributed by atoms with E-state index < -0.39 is 16.6 Å². The van der Waals surface area contributed by atoms with Crippen LogP contribution in [0.2, 0.25) is 36.3 Å². The first-order valence-electron chi connectivity index (χ1n) is 9.88. The van der Waals surface area contributed by atoms with Crippen molar-refractivity contribution in [3.8, 4) is 0 Å². The molecule has 2 aliphatic rings. The SMILES string of the molecule is CC(C)(C)[Si](C)(C)O[C@@H]1[C@H]2CC(=O)C=CN2C[C@H]1O[Si](C)(C)C(C)(C)C. The molecule has 26 heavy (non-hydrogen) atoms. The second kappa shape index (κ2) is 6.87. The molecule has 3 atom stereocenters. The number of fused-ring (bicyclic) bond motifs is 1. The monoisotopic (exact) mass is 397 g/mol. The predicted molar refractivity (Wildman–Crippen MR) is 113 cm³/mol. The van der Waals surface area contributed by atoms with E-state index >= 15 is 0 Å². The van der Waals surface area contributed by atoms with Gasteiger partial charge in [0.1, 0.15) is 0 Å². The standard InChI is InChI=1S/C20H39NO3Si2/c1-19(2,3)25(7,8)23-17-14-21-12-11-15(22)13-16(21)18(17)24-26(9,10)20(4,5)6/h11-12,16-18H,13-14H2,1-10H3/t16-,17-,18-/m1/s1. The highest BCUT2D eigenvalue weighted by Gasteiger charge is 2.51. The van der Waals surface area contributed by atoms with Gasteiger partial charge in [0.25, 0.3) is 0 Å². The Kier molecular flexibility index (Phi) is 5.77. The quantitative estimate of drug-likeness (QED) is 0.630. The van der Waals surface area contributed by atoms with Crippen LogP contribution in [-0.4, -0.2) is 52.1 Å². The Morgan fingerprint density at radius 2 is 1.46 bits per heavy atom. The third-order valence-electron chi connectivity index (χ3n) is 6.91. The molecular formula is C20H39NO3Si2. The lowest BCUT2D eigenvalue weighted by molar-refractivity contribution is -0.116. The van der Waals surface area contributed by atoms with Gasteiger partial charge in [-0.3, -0.25) is 4.79 Å². The Bertz CT molecular complexity index is 573. The number of hydrogen-bond donors (Lipinski definition) is 0. The second-order valence-electron chi connectivity index (χ2n) is 11.0. The summed E-state index contributed by atoms with van der Waals surface area (Å²) in [5.74, 6) is 0.197. The maximum Gasteiger partial charge on any atom is 0.192 e. The third-order valence-corrected chi connectivity index (χ3v) is 15.9. The molecule has 2 rings (SSSR count). The smallest absolute Gasteiger partial charge is 0.192 e. The molecule has 0 bridgehead atoms. The van der Waals surface area contributed by atoms with Gasteiger partial charge in [0, 0.05) is 19.2 Å². The Morgan fingerprint density at radius 3 is 1.96 bits per heavy atom.